The van der Waals surface area contributed by atoms with Gasteiger partial charge in [0.1, 0.15) is 10.7 Å². The van der Waals surface area contributed by atoms with E-state index in [-0.39, 0.29) is 23.2 Å². The maximum atomic E-state index is 12.3. The molecule has 1 heterocycles. The van der Waals surface area contributed by atoms with Gasteiger partial charge in [0.05, 0.1) is 6.54 Å². The molecule has 3 N–H and O–H groups in total. The first-order valence-corrected chi connectivity index (χ1v) is 7.62. The van der Waals surface area contributed by atoms with E-state index in [1.807, 2.05) is 13.8 Å². The number of likely N-dealkylation sites (N-methyl/N-ethyl adjacent to an activating group) is 1. The monoisotopic (exact) mass is 300 g/mol. The van der Waals surface area contributed by atoms with Gasteiger partial charge in [0.25, 0.3) is 0 Å². The topological polar surface area (TPSA) is 105 Å². The van der Waals surface area contributed by atoms with Crippen LogP contribution in [0.1, 0.15) is 13.8 Å². The van der Waals surface area contributed by atoms with E-state index in [1.165, 1.54) is 25.4 Å². The van der Waals surface area contributed by atoms with Crippen LogP contribution in [0.2, 0.25) is 0 Å². The van der Waals surface area contributed by atoms with E-state index in [2.05, 4.69) is 10.3 Å². The molecule has 112 valence electrons. The minimum absolute atomic E-state index is 0.0815. The maximum Gasteiger partial charge on any atom is 0.246 e. The molecule has 1 aromatic heterocycles. The van der Waals surface area contributed by atoms with Crippen LogP contribution >= 0.6 is 0 Å². The Bertz CT molecular complexity index is 572. The molecule has 1 aromatic rings. The first-order valence-electron chi connectivity index (χ1n) is 6.18. The highest BCUT2D eigenvalue weighted by Gasteiger charge is 2.25. The van der Waals surface area contributed by atoms with Crippen molar-refractivity contribution in [1.82, 2.24) is 14.6 Å². The van der Waals surface area contributed by atoms with Gasteiger partial charge in [-0.25, -0.2) is 13.4 Å². The number of amides is 1. The zero-order valence-electron chi connectivity index (χ0n) is 11.8. The summed E-state index contributed by atoms with van der Waals surface area (Å²) in [5, 5.41) is 2.66. The van der Waals surface area contributed by atoms with E-state index < -0.39 is 10.0 Å². The zero-order valence-corrected chi connectivity index (χ0v) is 12.6. The van der Waals surface area contributed by atoms with Gasteiger partial charge in [0.15, 0.2) is 0 Å². The second-order valence-electron chi connectivity index (χ2n) is 4.85. The van der Waals surface area contributed by atoms with E-state index in [1.54, 1.807) is 0 Å². The summed E-state index contributed by atoms with van der Waals surface area (Å²) in [5.74, 6) is -0.135. The Hall–Kier alpha value is -1.67. The number of rotatable bonds is 6. The van der Waals surface area contributed by atoms with E-state index >= 15 is 0 Å². The van der Waals surface area contributed by atoms with Crippen LogP contribution < -0.4 is 11.1 Å². The number of hydrogen-bond acceptors (Lipinski definition) is 5. The average molecular weight is 300 g/mol. The molecule has 0 fully saturated rings. The van der Waals surface area contributed by atoms with Crippen LogP contribution in [-0.2, 0) is 14.8 Å². The van der Waals surface area contributed by atoms with Crippen LogP contribution in [-0.4, -0.2) is 43.8 Å². The molecule has 0 aliphatic heterocycles. The molecular formula is C12H20N4O3S. The highest BCUT2D eigenvalue weighted by atomic mass is 32.2. The second kappa shape index (κ2) is 6.67. The van der Waals surface area contributed by atoms with Gasteiger partial charge in [-0.15, -0.1) is 0 Å². The molecule has 20 heavy (non-hydrogen) atoms. The zero-order chi connectivity index (χ0) is 15.3. The van der Waals surface area contributed by atoms with E-state index in [0.717, 1.165) is 4.31 Å². The van der Waals surface area contributed by atoms with Crippen molar-refractivity contribution in [3.8, 4) is 0 Å². The Kier molecular flexibility index (Phi) is 5.46. The number of sulfonamides is 1. The van der Waals surface area contributed by atoms with E-state index in [4.69, 9.17) is 5.73 Å². The molecule has 7 nitrogen and oxygen atoms in total. The molecule has 0 radical (unpaired) electrons. The first kappa shape index (κ1) is 16.4. The van der Waals surface area contributed by atoms with Gasteiger partial charge in [-0.2, -0.15) is 4.31 Å². The lowest BCUT2D eigenvalue weighted by molar-refractivity contribution is -0.121. The summed E-state index contributed by atoms with van der Waals surface area (Å²) < 4.78 is 25.5. The smallest absolute Gasteiger partial charge is 0.246 e. The van der Waals surface area contributed by atoms with Crippen LogP contribution in [0, 0.1) is 5.92 Å². The predicted molar refractivity (Wildman–Crippen MR) is 76.3 cm³/mol. The Morgan fingerprint density at radius 3 is 2.70 bits per heavy atom. The fourth-order valence-electron chi connectivity index (χ4n) is 1.45. The van der Waals surface area contributed by atoms with Crippen LogP contribution in [0.25, 0.3) is 0 Å². The van der Waals surface area contributed by atoms with Gasteiger partial charge < -0.3 is 11.1 Å². The second-order valence-corrected chi connectivity index (χ2v) is 6.86. The third kappa shape index (κ3) is 4.17. The summed E-state index contributed by atoms with van der Waals surface area (Å²) in [6, 6.07) is 2.84. The van der Waals surface area contributed by atoms with E-state index in [0.29, 0.717) is 12.5 Å². The van der Waals surface area contributed by atoms with Crippen molar-refractivity contribution in [2.75, 3.05) is 25.9 Å². The number of carbonyl (C=O) groups excluding carboxylic acids is 1. The number of pyridine rings is 1. The molecular weight excluding hydrogens is 280 g/mol. The molecule has 1 rings (SSSR count). The van der Waals surface area contributed by atoms with Gasteiger partial charge in [-0.05, 0) is 18.1 Å². The number of nitrogens with zero attached hydrogens (tertiary/aromatic N) is 2. The van der Waals surface area contributed by atoms with Gasteiger partial charge in [-0.1, -0.05) is 13.8 Å². The van der Waals surface area contributed by atoms with Crippen LogP contribution in [0.5, 0.6) is 0 Å². The van der Waals surface area contributed by atoms with Gasteiger partial charge in [-0.3, -0.25) is 4.79 Å². The fourth-order valence-corrected chi connectivity index (χ4v) is 2.64. The first-order chi connectivity index (χ1) is 9.25. The molecule has 0 spiro atoms. The number of anilines is 1. The Morgan fingerprint density at radius 2 is 2.15 bits per heavy atom. The van der Waals surface area contributed by atoms with Crippen LogP contribution in [0.15, 0.2) is 23.2 Å². The lowest BCUT2D eigenvalue weighted by Gasteiger charge is -2.17. The minimum atomic E-state index is -3.82. The Balaban J connectivity index is 2.78. The Morgan fingerprint density at radius 1 is 1.50 bits per heavy atom. The predicted octanol–water partition coefficient (Wildman–Crippen LogP) is 0.0565. The van der Waals surface area contributed by atoms with Crippen molar-refractivity contribution in [1.29, 1.82) is 0 Å². The number of nitrogens with one attached hydrogen (secondary N) is 1. The van der Waals surface area contributed by atoms with Crippen LogP contribution in [0.3, 0.4) is 0 Å². The molecule has 1 amide bonds. The normalized spacial score (nSPS) is 11.8. The molecule has 0 aliphatic carbocycles. The number of nitrogens with two attached hydrogens (primary N) is 1. The maximum absolute atomic E-state index is 12.3. The molecule has 0 bridgehead atoms. The van der Waals surface area contributed by atoms with Gasteiger partial charge in [0, 0.05) is 19.8 Å². The molecule has 0 saturated carbocycles. The summed E-state index contributed by atoms with van der Waals surface area (Å²) in [6.07, 6.45) is 1.41. The highest BCUT2D eigenvalue weighted by Crippen LogP contribution is 2.18. The largest absolute Gasteiger partial charge is 0.383 e. The van der Waals surface area contributed by atoms with Crippen molar-refractivity contribution >= 4 is 21.7 Å². The number of aromatic nitrogens is 1. The molecule has 0 unspecified atom stereocenters. The Labute approximate surface area is 119 Å². The lowest BCUT2D eigenvalue weighted by atomic mass is 10.2. The van der Waals surface area contributed by atoms with Gasteiger partial charge in [0.2, 0.25) is 15.9 Å². The summed E-state index contributed by atoms with van der Waals surface area (Å²) in [4.78, 5) is 15.3. The van der Waals surface area contributed by atoms with Crippen LogP contribution in [0.4, 0.5) is 5.82 Å². The van der Waals surface area contributed by atoms with Crippen molar-refractivity contribution < 1.29 is 13.2 Å². The standard InChI is InChI=1S/C12H20N4O3S/c1-9(2)7-15-11(17)8-16(3)20(18,19)10-5-4-6-14-12(10)13/h4-6,9H,7-8H2,1-3H3,(H2,13,14)(H,15,17). The van der Waals surface area contributed by atoms with E-state index in [9.17, 15) is 13.2 Å². The molecule has 0 saturated heterocycles. The highest BCUT2D eigenvalue weighted by molar-refractivity contribution is 7.89. The average Bonchev–Trinajstić information content (AvgIpc) is 2.36. The third-order valence-corrected chi connectivity index (χ3v) is 4.41. The summed E-state index contributed by atoms with van der Waals surface area (Å²) in [5.41, 5.74) is 5.56. The number of carbonyl (C=O) groups is 1. The summed E-state index contributed by atoms with van der Waals surface area (Å²) in [7, 11) is -2.49. The minimum Gasteiger partial charge on any atom is -0.383 e. The molecule has 8 heteroatoms. The molecule has 0 atom stereocenters. The third-order valence-electron chi connectivity index (χ3n) is 2.56. The SMILES string of the molecule is CC(C)CNC(=O)CN(C)S(=O)(=O)c1cccnc1N. The quantitative estimate of drug-likeness (QED) is 0.772. The van der Waals surface area contributed by atoms with Gasteiger partial charge >= 0.3 is 0 Å². The van der Waals surface area contributed by atoms with Crippen molar-refractivity contribution in [3.63, 3.8) is 0 Å². The summed E-state index contributed by atoms with van der Waals surface area (Å²) in [6.45, 7) is 4.15. The van der Waals surface area contributed by atoms with Crippen molar-refractivity contribution in [2.24, 2.45) is 5.92 Å². The number of nitrogen functional groups attached to an aromatic ring is 1. The molecule has 0 aliphatic rings. The van der Waals surface area contributed by atoms with Crippen molar-refractivity contribution in [3.05, 3.63) is 18.3 Å². The van der Waals surface area contributed by atoms with Crippen molar-refractivity contribution in [2.45, 2.75) is 18.7 Å². The molecule has 0 aromatic carbocycles. The fraction of sp³-hybridized carbons (Fsp3) is 0.500. The summed E-state index contributed by atoms with van der Waals surface area (Å²) >= 11 is 0. The lowest BCUT2D eigenvalue weighted by Crippen LogP contribution is -2.39. The number of hydrogen-bond donors (Lipinski definition) is 2.